The molecular formula is C11H20N2O2S. The molecule has 0 aromatic rings. The monoisotopic (exact) mass is 244 g/mol. The van der Waals surface area contributed by atoms with Crippen LogP contribution in [0, 0.1) is 17.2 Å². The third kappa shape index (κ3) is 3.46. The molecule has 0 N–H and O–H groups in total. The van der Waals surface area contributed by atoms with Gasteiger partial charge in [0.25, 0.3) is 0 Å². The zero-order valence-corrected chi connectivity index (χ0v) is 10.8. The van der Waals surface area contributed by atoms with Gasteiger partial charge in [-0.1, -0.05) is 26.7 Å². The molecule has 0 atom stereocenters. The summed E-state index contributed by atoms with van der Waals surface area (Å²) in [6.07, 6.45) is 4.08. The summed E-state index contributed by atoms with van der Waals surface area (Å²) < 4.78 is 25.5. The van der Waals surface area contributed by atoms with Gasteiger partial charge in [0, 0.05) is 12.6 Å². The molecule has 1 aliphatic rings. The van der Waals surface area contributed by atoms with Crippen molar-refractivity contribution in [1.82, 2.24) is 4.31 Å². The van der Waals surface area contributed by atoms with E-state index in [0.29, 0.717) is 12.5 Å². The normalized spacial score (nSPS) is 18.2. The number of nitriles is 1. The fourth-order valence-electron chi connectivity index (χ4n) is 2.21. The topological polar surface area (TPSA) is 61.2 Å². The first kappa shape index (κ1) is 13.5. The van der Waals surface area contributed by atoms with Crippen molar-refractivity contribution >= 4 is 10.0 Å². The summed E-state index contributed by atoms with van der Waals surface area (Å²) in [6.45, 7) is 4.54. The van der Waals surface area contributed by atoms with Crippen LogP contribution in [0.15, 0.2) is 0 Å². The molecule has 0 spiro atoms. The fraction of sp³-hybridized carbons (Fsp3) is 0.909. The molecule has 92 valence electrons. The number of nitrogens with zero attached hydrogens (tertiary/aromatic N) is 2. The molecule has 0 amide bonds. The van der Waals surface area contributed by atoms with Gasteiger partial charge in [0.1, 0.15) is 0 Å². The lowest BCUT2D eigenvalue weighted by Gasteiger charge is -2.28. The Morgan fingerprint density at radius 3 is 2.38 bits per heavy atom. The molecule has 1 rings (SSSR count). The summed E-state index contributed by atoms with van der Waals surface area (Å²) in [7, 11) is -3.38. The van der Waals surface area contributed by atoms with E-state index in [1.807, 2.05) is 13.8 Å². The second kappa shape index (κ2) is 5.65. The van der Waals surface area contributed by atoms with Crippen molar-refractivity contribution in [2.24, 2.45) is 5.92 Å². The first-order chi connectivity index (χ1) is 7.47. The summed E-state index contributed by atoms with van der Waals surface area (Å²) in [5.74, 6) is -0.0926. The zero-order valence-electron chi connectivity index (χ0n) is 10.0. The first-order valence-electron chi connectivity index (χ1n) is 5.84. The van der Waals surface area contributed by atoms with Crippen LogP contribution in [0.3, 0.4) is 0 Å². The number of sulfonamides is 1. The third-order valence-corrected chi connectivity index (χ3v) is 4.54. The molecule has 5 heteroatoms. The van der Waals surface area contributed by atoms with Crippen molar-refractivity contribution in [1.29, 1.82) is 5.26 Å². The first-order valence-corrected chi connectivity index (χ1v) is 7.44. The van der Waals surface area contributed by atoms with Crippen molar-refractivity contribution < 1.29 is 8.42 Å². The number of hydrogen-bond donors (Lipinski definition) is 0. The Kier molecular flexibility index (Phi) is 4.75. The van der Waals surface area contributed by atoms with E-state index in [1.165, 1.54) is 0 Å². The van der Waals surface area contributed by atoms with Crippen LogP contribution in [0.4, 0.5) is 0 Å². The van der Waals surface area contributed by atoms with Gasteiger partial charge in [-0.05, 0) is 18.8 Å². The molecule has 0 aliphatic heterocycles. The quantitative estimate of drug-likeness (QED) is 0.740. The van der Waals surface area contributed by atoms with Crippen molar-refractivity contribution in [3.63, 3.8) is 0 Å². The Morgan fingerprint density at radius 2 is 1.94 bits per heavy atom. The lowest BCUT2D eigenvalue weighted by Crippen LogP contribution is -2.42. The van der Waals surface area contributed by atoms with Gasteiger partial charge in [-0.3, -0.25) is 0 Å². The highest BCUT2D eigenvalue weighted by atomic mass is 32.2. The van der Waals surface area contributed by atoms with Crippen LogP contribution in [-0.2, 0) is 10.0 Å². The number of hydrogen-bond acceptors (Lipinski definition) is 3. The van der Waals surface area contributed by atoms with Crippen LogP contribution in [0.25, 0.3) is 0 Å². The van der Waals surface area contributed by atoms with Gasteiger partial charge in [-0.25, -0.2) is 8.42 Å². The smallest absolute Gasteiger partial charge is 0.211 e. The number of rotatable bonds is 5. The Balaban J connectivity index is 2.82. The van der Waals surface area contributed by atoms with E-state index in [4.69, 9.17) is 5.26 Å². The molecule has 0 unspecified atom stereocenters. The summed E-state index contributed by atoms with van der Waals surface area (Å²) >= 11 is 0. The largest absolute Gasteiger partial charge is 0.227 e. The minimum atomic E-state index is -3.38. The van der Waals surface area contributed by atoms with E-state index in [1.54, 1.807) is 10.4 Å². The molecule has 1 aliphatic carbocycles. The van der Waals surface area contributed by atoms with Gasteiger partial charge in [0.15, 0.2) is 5.75 Å². The van der Waals surface area contributed by atoms with E-state index in [9.17, 15) is 8.42 Å². The molecule has 0 saturated heterocycles. The molecule has 0 bridgehead atoms. The average molecular weight is 244 g/mol. The second-order valence-electron chi connectivity index (χ2n) is 4.82. The van der Waals surface area contributed by atoms with Gasteiger partial charge >= 0.3 is 0 Å². The molecule has 0 heterocycles. The Bertz CT molecular complexity index is 351. The predicted molar refractivity (Wildman–Crippen MR) is 63.2 cm³/mol. The molecule has 0 radical (unpaired) electrons. The average Bonchev–Trinajstić information content (AvgIpc) is 2.66. The van der Waals surface area contributed by atoms with Crippen LogP contribution in [0.5, 0.6) is 0 Å². The van der Waals surface area contributed by atoms with Crippen LogP contribution in [-0.4, -0.2) is 31.1 Å². The molecule has 1 fully saturated rings. The van der Waals surface area contributed by atoms with Gasteiger partial charge in [0.05, 0.1) is 6.07 Å². The van der Waals surface area contributed by atoms with Crippen LogP contribution in [0.1, 0.15) is 39.5 Å². The summed E-state index contributed by atoms with van der Waals surface area (Å²) in [5, 5.41) is 8.57. The zero-order chi connectivity index (χ0) is 12.2. The van der Waals surface area contributed by atoms with Gasteiger partial charge in [-0.2, -0.15) is 9.57 Å². The van der Waals surface area contributed by atoms with E-state index < -0.39 is 15.8 Å². The summed E-state index contributed by atoms with van der Waals surface area (Å²) in [4.78, 5) is 0. The van der Waals surface area contributed by atoms with E-state index in [2.05, 4.69) is 0 Å². The Labute approximate surface area is 98.3 Å². The maximum absolute atomic E-state index is 12.0. The van der Waals surface area contributed by atoms with Crippen molar-refractivity contribution in [2.45, 2.75) is 45.6 Å². The standard InChI is InChI=1S/C11H20N2O2S/c1-10(2)9-13(11-5-3-4-6-11)16(14,15)8-7-12/h10-11H,3-6,8-9H2,1-2H3. The van der Waals surface area contributed by atoms with E-state index >= 15 is 0 Å². The van der Waals surface area contributed by atoms with Gasteiger partial charge in [0.2, 0.25) is 10.0 Å². The van der Waals surface area contributed by atoms with Gasteiger partial charge < -0.3 is 0 Å². The summed E-state index contributed by atoms with van der Waals surface area (Å²) in [5.41, 5.74) is 0. The van der Waals surface area contributed by atoms with E-state index in [0.717, 1.165) is 25.7 Å². The minimum Gasteiger partial charge on any atom is -0.211 e. The lowest BCUT2D eigenvalue weighted by atomic mass is 10.2. The SMILES string of the molecule is CC(C)CN(C1CCCC1)S(=O)(=O)CC#N. The maximum Gasteiger partial charge on any atom is 0.227 e. The molecule has 0 aromatic heterocycles. The van der Waals surface area contributed by atoms with Crippen molar-refractivity contribution in [3.8, 4) is 6.07 Å². The molecule has 16 heavy (non-hydrogen) atoms. The Morgan fingerprint density at radius 1 is 1.38 bits per heavy atom. The Hall–Kier alpha value is -0.600. The molecular weight excluding hydrogens is 224 g/mol. The highest BCUT2D eigenvalue weighted by Gasteiger charge is 2.31. The molecule has 1 saturated carbocycles. The summed E-state index contributed by atoms with van der Waals surface area (Å²) in [6, 6.07) is 1.88. The highest BCUT2D eigenvalue weighted by molar-refractivity contribution is 7.89. The van der Waals surface area contributed by atoms with Crippen LogP contribution in [0.2, 0.25) is 0 Å². The highest BCUT2D eigenvalue weighted by Crippen LogP contribution is 2.26. The fourth-order valence-corrected chi connectivity index (χ4v) is 3.73. The lowest BCUT2D eigenvalue weighted by molar-refractivity contribution is 0.293. The molecule has 4 nitrogen and oxygen atoms in total. The van der Waals surface area contributed by atoms with Crippen molar-refractivity contribution in [2.75, 3.05) is 12.3 Å². The van der Waals surface area contributed by atoms with Gasteiger partial charge in [-0.15, -0.1) is 0 Å². The maximum atomic E-state index is 12.0. The molecule has 0 aromatic carbocycles. The van der Waals surface area contributed by atoms with Crippen LogP contribution >= 0.6 is 0 Å². The van der Waals surface area contributed by atoms with E-state index in [-0.39, 0.29) is 6.04 Å². The minimum absolute atomic E-state index is 0.126. The second-order valence-corrected chi connectivity index (χ2v) is 6.74. The predicted octanol–water partition coefficient (Wildman–Crippen LogP) is 1.74. The van der Waals surface area contributed by atoms with Crippen LogP contribution < -0.4 is 0 Å². The third-order valence-electron chi connectivity index (χ3n) is 2.88. The van der Waals surface area contributed by atoms with Crippen molar-refractivity contribution in [3.05, 3.63) is 0 Å².